The topological polar surface area (TPSA) is 106 Å². The molecule has 1 aromatic heterocycles. The maximum atomic E-state index is 11.5. The van der Waals surface area contributed by atoms with E-state index in [1.165, 1.54) is 6.21 Å². The van der Waals surface area contributed by atoms with Crippen LogP contribution in [0.15, 0.2) is 34.0 Å². The molecule has 0 atom stereocenters. The maximum absolute atomic E-state index is 11.5. The van der Waals surface area contributed by atoms with E-state index in [1.807, 2.05) is 0 Å². The molecule has 18 heavy (non-hydrogen) atoms. The monoisotopic (exact) mass is 265 g/mol. The second kappa shape index (κ2) is 5.28. The standard InChI is InChI=1S/C10H8ClN5O2/c11-7-3-1-6(2-4-7)5-13-14-10(17)8-9(12)16-18-15-8/h1-5H,(H2,12,16)(H,14,17)/b13-5+. The Morgan fingerprint density at radius 1 is 1.39 bits per heavy atom. The quantitative estimate of drug-likeness (QED) is 0.638. The number of nitrogens with two attached hydrogens (primary N) is 1. The Labute approximate surface area is 107 Å². The predicted molar refractivity (Wildman–Crippen MR) is 65.2 cm³/mol. The Bertz CT molecular complexity index is 578. The van der Waals surface area contributed by atoms with E-state index in [-0.39, 0.29) is 11.5 Å². The van der Waals surface area contributed by atoms with E-state index in [0.717, 1.165) is 5.56 Å². The van der Waals surface area contributed by atoms with Crippen LogP contribution in [0.1, 0.15) is 16.1 Å². The number of nitrogen functional groups attached to an aromatic ring is 1. The van der Waals surface area contributed by atoms with Crippen molar-refractivity contribution in [2.45, 2.75) is 0 Å². The molecule has 8 heteroatoms. The lowest BCUT2D eigenvalue weighted by Crippen LogP contribution is -2.19. The Hall–Kier alpha value is -2.41. The highest BCUT2D eigenvalue weighted by atomic mass is 35.5. The normalized spacial score (nSPS) is 10.7. The summed E-state index contributed by atoms with van der Waals surface area (Å²) in [5, 5.41) is 11.0. The second-order valence-corrected chi connectivity index (χ2v) is 3.69. The molecule has 0 bridgehead atoms. The van der Waals surface area contributed by atoms with Crippen LogP contribution in [0.2, 0.25) is 5.02 Å². The largest absolute Gasteiger partial charge is 0.379 e. The Balaban J connectivity index is 1.98. The molecule has 92 valence electrons. The van der Waals surface area contributed by atoms with E-state index in [4.69, 9.17) is 17.3 Å². The number of aromatic nitrogens is 2. The Morgan fingerprint density at radius 2 is 2.11 bits per heavy atom. The van der Waals surface area contributed by atoms with Gasteiger partial charge in [0, 0.05) is 5.02 Å². The van der Waals surface area contributed by atoms with Gasteiger partial charge in [0.05, 0.1) is 6.21 Å². The predicted octanol–water partition coefficient (Wildman–Crippen LogP) is 1.07. The van der Waals surface area contributed by atoms with Gasteiger partial charge in [0.15, 0.2) is 0 Å². The SMILES string of the molecule is Nc1nonc1C(=O)N/N=C/c1ccc(Cl)cc1. The zero-order valence-electron chi connectivity index (χ0n) is 9.00. The van der Waals surface area contributed by atoms with Crippen molar-refractivity contribution in [1.82, 2.24) is 15.7 Å². The molecule has 0 spiro atoms. The van der Waals surface area contributed by atoms with Gasteiger partial charge in [0.25, 0.3) is 5.91 Å². The molecule has 0 fully saturated rings. The van der Waals surface area contributed by atoms with E-state index < -0.39 is 5.91 Å². The fraction of sp³-hybridized carbons (Fsp3) is 0. The zero-order chi connectivity index (χ0) is 13.0. The van der Waals surface area contributed by atoms with Gasteiger partial charge >= 0.3 is 0 Å². The van der Waals surface area contributed by atoms with Gasteiger partial charge in [-0.05, 0) is 28.0 Å². The third-order valence-corrected chi connectivity index (χ3v) is 2.23. The van der Waals surface area contributed by atoms with E-state index in [2.05, 4.69) is 25.5 Å². The van der Waals surface area contributed by atoms with E-state index >= 15 is 0 Å². The first kappa shape index (κ1) is 12.1. The molecular formula is C10H8ClN5O2. The fourth-order valence-corrected chi connectivity index (χ4v) is 1.25. The number of nitrogens with one attached hydrogen (secondary N) is 1. The minimum atomic E-state index is -0.598. The summed E-state index contributed by atoms with van der Waals surface area (Å²) in [5.74, 6) is -0.687. The summed E-state index contributed by atoms with van der Waals surface area (Å²) in [6, 6.07) is 6.93. The summed E-state index contributed by atoms with van der Waals surface area (Å²) >= 11 is 5.73. The van der Waals surface area contributed by atoms with Crippen molar-refractivity contribution in [3.8, 4) is 0 Å². The van der Waals surface area contributed by atoms with Crippen LogP contribution in [0.5, 0.6) is 0 Å². The average molecular weight is 266 g/mol. The molecule has 0 saturated heterocycles. The van der Waals surface area contributed by atoms with Crippen molar-refractivity contribution >= 4 is 29.5 Å². The van der Waals surface area contributed by atoms with Gasteiger partial charge in [-0.1, -0.05) is 23.7 Å². The van der Waals surface area contributed by atoms with Crippen LogP contribution < -0.4 is 11.2 Å². The number of amides is 1. The van der Waals surface area contributed by atoms with E-state index in [1.54, 1.807) is 24.3 Å². The van der Waals surface area contributed by atoms with Crippen LogP contribution in [0, 0.1) is 0 Å². The lowest BCUT2D eigenvalue weighted by molar-refractivity contribution is 0.0946. The molecule has 0 aliphatic heterocycles. The molecule has 0 aliphatic rings. The molecule has 0 saturated carbocycles. The highest BCUT2D eigenvalue weighted by Crippen LogP contribution is 2.07. The van der Waals surface area contributed by atoms with Crippen molar-refractivity contribution in [1.29, 1.82) is 0 Å². The summed E-state index contributed by atoms with van der Waals surface area (Å²) in [5.41, 5.74) is 8.27. The van der Waals surface area contributed by atoms with Gasteiger partial charge < -0.3 is 5.73 Å². The summed E-state index contributed by atoms with van der Waals surface area (Å²) < 4.78 is 4.29. The average Bonchev–Trinajstić information content (AvgIpc) is 2.78. The second-order valence-electron chi connectivity index (χ2n) is 3.25. The minimum absolute atomic E-state index is 0.0887. The smallest absolute Gasteiger partial charge is 0.297 e. The lowest BCUT2D eigenvalue weighted by atomic mass is 10.2. The first-order valence-electron chi connectivity index (χ1n) is 4.84. The van der Waals surface area contributed by atoms with Crippen molar-refractivity contribution in [3.63, 3.8) is 0 Å². The number of hydrogen-bond donors (Lipinski definition) is 2. The third-order valence-electron chi connectivity index (χ3n) is 1.98. The molecule has 7 nitrogen and oxygen atoms in total. The molecular weight excluding hydrogens is 258 g/mol. The molecule has 2 rings (SSSR count). The first-order chi connectivity index (χ1) is 8.66. The number of rotatable bonds is 3. The van der Waals surface area contributed by atoms with Gasteiger partial charge in [-0.15, -0.1) is 0 Å². The van der Waals surface area contributed by atoms with E-state index in [0.29, 0.717) is 5.02 Å². The molecule has 2 aromatic rings. The number of hydrogen-bond acceptors (Lipinski definition) is 6. The van der Waals surface area contributed by atoms with Crippen LogP contribution in [-0.4, -0.2) is 22.4 Å². The lowest BCUT2D eigenvalue weighted by Gasteiger charge is -1.95. The summed E-state index contributed by atoms with van der Waals surface area (Å²) in [6.45, 7) is 0. The van der Waals surface area contributed by atoms with Crippen molar-refractivity contribution in [2.24, 2.45) is 5.10 Å². The van der Waals surface area contributed by atoms with Gasteiger partial charge in [-0.25, -0.2) is 10.1 Å². The zero-order valence-corrected chi connectivity index (χ0v) is 9.76. The Kier molecular flexibility index (Phi) is 3.54. The van der Waals surface area contributed by atoms with Gasteiger partial charge in [0.2, 0.25) is 11.5 Å². The summed E-state index contributed by atoms with van der Waals surface area (Å²) in [4.78, 5) is 11.5. The highest BCUT2D eigenvalue weighted by Gasteiger charge is 2.14. The number of hydrazone groups is 1. The minimum Gasteiger partial charge on any atom is -0.379 e. The Morgan fingerprint density at radius 3 is 2.72 bits per heavy atom. The van der Waals surface area contributed by atoms with Crippen LogP contribution in [0.25, 0.3) is 0 Å². The van der Waals surface area contributed by atoms with Crippen LogP contribution in [-0.2, 0) is 0 Å². The summed E-state index contributed by atoms with van der Waals surface area (Å²) in [7, 11) is 0. The molecule has 0 radical (unpaired) electrons. The summed E-state index contributed by atoms with van der Waals surface area (Å²) in [6.07, 6.45) is 1.46. The van der Waals surface area contributed by atoms with Gasteiger partial charge in [0.1, 0.15) is 0 Å². The number of halogens is 1. The molecule has 1 heterocycles. The van der Waals surface area contributed by atoms with Crippen LogP contribution in [0.4, 0.5) is 5.82 Å². The molecule has 1 aromatic carbocycles. The number of anilines is 1. The number of carbonyl (C=O) groups is 1. The van der Waals surface area contributed by atoms with Gasteiger partial charge in [-0.3, -0.25) is 4.79 Å². The fourth-order valence-electron chi connectivity index (χ4n) is 1.12. The van der Waals surface area contributed by atoms with Crippen LogP contribution in [0.3, 0.4) is 0 Å². The van der Waals surface area contributed by atoms with E-state index in [9.17, 15) is 4.79 Å². The molecule has 3 N–H and O–H groups in total. The first-order valence-corrected chi connectivity index (χ1v) is 5.21. The molecule has 0 aliphatic carbocycles. The van der Waals surface area contributed by atoms with Crippen LogP contribution >= 0.6 is 11.6 Å². The van der Waals surface area contributed by atoms with Crippen molar-refractivity contribution < 1.29 is 9.42 Å². The van der Waals surface area contributed by atoms with Gasteiger partial charge in [-0.2, -0.15) is 5.10 Å². The maximum Gasteiger partial charge on any atom is 0.297 e. The number of benzene rings is 1. The number of carbonyl (C=O) groups excluding carboxylic acids is 1. The molecule has 1 amide bonds. The molecule has 0 unspecified atom stereocenters. The highest BCUT2D eigenvalue weighted by molar-refractivity contribution is 6.30. The van der Waals surface area contributed by atoms with Crippen molar-refractivity contribution in [3.05, 3.63) is 40.5 Å². The third kappa shape index (κ3) is 2.83. The number of nitrogens with zero attached hydrogens (tertiary/aromatic N) is 3. The van der Waals surface area contributed by atoms with Crippen molar-refractivity contribution in [2.75, 3.05) is 5.73 Å².